The zero-order valence-electron chi connectivity index (χ0n) is 18.0. The van der Waals surface area contributed by atoms with E-state index in [1.807, 2.05) is 63.2 Å². The minimum atomic E-state index is -0.308. The van der Waals surface area contributed by atoms with Gasteiger partial charge in [-0.05, 0) is 49.1 Å². The minimum absolute atomic E-state index is 0.101. The van der Waals surface area contributed by atoms with Gasteiger partial charge in [-0.1, -0.05) is 46.8 Å². The summed E-state index contributed by atoms with van der Waals surface area (Å²) in [5.41, 5.74) is 5.77. The van der Waals surface area contributed by atoms with Gasteiger partial charge in [-0.15, -0.1) is 5.10 Å². The van der Waals surface area contributed by atoms with Crippen LogP contribution in [0.15, 0.2) is 58.1 Å². The quantitative estimate of drug-likeness (QED) is 0.424. The fraction of sp³-hybridized carbons (Fsp3) is 0.217. The van der Waals surface area contributed by atoms with Crippen molar-refractivity contribution >= 4 is 11.2 Å². The van der Waals surface area contributed by atoms with Gasteiger partial charge in [0, 0.05) is 5.56 Å². The van der Waals surface area contributed by atoms with E-state index in [-0.39, 0.29) is 17.6 Å². The highest BCUT2D eigenvalue weighted by Gasteiger charge is 2.15. The molecule has 0 unspecified atom stereocenters. The van der Waals surface area contributed by atoms with Gasteiger partial charge < -0.3 is 4.52 Å². The van der Waals surface area contributed by atoms with Crippen molar-refractivity contribution in [2.45, 2.75) is 33.9 Å². The Hall–Kier alpha value is -4.14. The molecule has 0 atom stereocenters. The van der Waals surface area contributed by atoms with Gasteiger partial charge in [0.05, 0.1) is 6.54 Å². The van der Waals surface area contributed by atoms with Crippen molar-refractivity contribution in [2.75, 3.05) is 0 Å². The van der Waals surface area contributed by atoms with Crippen molar-refractivity contribution in [3.05, 3.63) is 87.3 Å². The molecular formula is C23H21N7O2. The van der Waals surface area contributed by atoms with Crippen molar-refractivity contribution in [2.24, 2.45) is 0 Å². The molecule has 0 saturated heterocycles. The second-order valence-electron chi connectivity index (χ2n) is 7.83. The Kier molecular flexibility index (Phi) is 4.85. The van der Waals surface area contributed by atoms with Crippen LogP contribution in [-0.4, -0.2) is 34.7 Å². The molecular weight excluding hydrogens is 406 g/mol. The van der Waals surface area contributed by atoms with Crippen LogP contribution in [-0.2, 0) is 13.1 Å². The highest BCUT2D eigenvalue weighted by atomic mass is 16.5. The molecule has 9 nitrogen and oxygen atoms in total. The van der Waals surface area contributed by atoms with Gasteiger partial charge in [0.2, 0.25) is 11.7 Å². The largest absolute Gasteiger partial charge is 0.337 e. The molecule has 0 aliphatic carbocycles. The van der Waals surface area contributed by atoms with E-state index in [0.717, 1.165) is 22.3 Å². The lowest BCUT2D eigenvalue weighted by Gasteiger charge is -2.06. The van der Waals surface area contributed by atoms with Crippen LogP contribution in [0, 0.1) is 20.8 Å². The topological polar surface area (TPSA) is 105 Å². The minimum Gasteiger partial charge on any atom is -0.337 e. The maximum Gasteiger partial charge on any atom is 0.283 e. The van der Waals surface area contributed by atoms with Crippen LogP contribution in [0.1, 0.15) is 28.1 Å². The first kappa shape index (κ1) is 19.8. The Morgan fingerprint density at radius 3 is 2.62 bits per heavy atom. The van der Waals surface area contributed by atoms with Gasteiger partial charge in [0.15, 0.2) is 11.2 Å². The molecule has 0 bridgehead atoms. The summed E-state index contributed by atoms with van der Waals surface area (Å²) < 4.78 is 8.40. The number of hydrogen-bond donors (Lipinski definition) is 0. The van der Waals surface area contributed by atoms with E-state index < -0.39 is 0 Å². The SMILES string of the molecule is Cc1ccc(-c2noc(Cn3cnc4c(nnn4Cc4ccccc4C)c3=O)n2)cc1C. The number of benzene rings is 2. The Labute approximate surface area is 183 Å². The van der Waals surface area contributed by atoms with Crippen LogP contribution in [0.4, 0.5) is 0 Å². The normalized spacial score (nSPS) is 11.3. The van der Waals surface area contributed by atoms with Crippen LogP contribution < -0.4 is 5.56 Å². The standard InChI is InChI=1S/C23H21N7O2/c1-14-8-9-17(10-16(14)3)21-25-19(32-27-21)12-29-13-24-22-20(23(29)31)26-28-30(22)11-18-7-5-4-6-15(18)2/h4-10,13H,11-12H2,1-3H3. The van der Waals surface area contributed by atoms with Crippen LogP contribution >= 0.6 is 0 Å². The first-order valence-corrected chi connectivity index (χ1v) is 10.2. The molecule has 2 aromatic carbocycles. The van der Waals surface area contributed by atoms with Gasteiger partial charge in [-0.2, -0.15) is 4.98 Å². The van der Waals surface area contributed by atoms with Crippen LogP contribution in [0.25, 0.3) is 22.6 Å². The Morgan fingerprint density at radius 1 is 0.969 bits per heavy atom. The van der Waals surface area contributed by atoms with E-state index in [9.17, 15) is 4.79 Å². The number of aryl methyl sites for hydroxylation is 3. The predicted molar refractivity (Wildman–Crippen MR) is 118 cm³/mol. The molecule has 0 radical (unpaired) electrons. The molecule has 9 heteroatoms. The Bertz CT molecular complexity index is 1500. The molecule has 5 rings (SSSR count). The van der Waals surface area contributed by atoms with E-state index in [2.05, 4.69) is 25.4 Å². The van der Waals surface area contributed by atoms with E-state index >= 15 is 0 Å². The van der Waals surface area contributed by atoms with Gasteiger partial charge in [0.1, 0.15) is 12.9 Å². The van der Waals surface area contributed by atoms with Crippen molar-refractivity contribution in [1.82, 2.24) is 34.7 Å². The predicted octanol–water partition coefficient (Wildman–Crippen LogP) is 3.06. The molecule has 5 aromatic rings. The molecule has 0 aliphatic heterocycles. The van der Waals surface area contributed by atoms with Gasteiger partial charge in [-0.3, -0.25) is 9.36 Å². The molecule has 0 spiro atoms. The lowest BCUT2D eigenvalue weighted by atomic mass is 10.1. The van der Waals surface area contributed by atoms with Crippen LogP contribution in [0.2, 0.25) is 0 Å². The average Bonchev–Trinajstić information content (AvgIpc) is 3.41. The van der Waals surface area contributed by atoms with E-state index in [1.165, 1.54) is 16.5 Å². The number of rotatable bonds is 5. The monoisotopic (exact) mass is 427 g/mol. The molecule has 32 heavy (non-hydrogen) atoms. The van der Waals surface area contributed by atoms with Gasteiger partial charge in [-0.25, -0.2) is 9.67 Å². The summed E-state index contributed by atoms with van der Waals surface area (Å²) in [4.78, 5) is 21.8. The molecule has 160 valence electrons. The van der Waals surface area contributed by atoms with Crippen molar-refractivity contribution in [3.63, 3.8) is 0 Å². The van der Waals surface area contributed by atoms with Crippen molar-refractivity contribution < 1.29 is 4.52 Å². The summed E-state index contributed by atoms with van der Waals surface area (Å²) in [6.45, 7) is 6.71. The lowest BCUT2D eigenvalue weighted by Crippen LogP contribution is -2.21. The summed E-state index contributed by atoms with van der Waals surface area (Å²) in [6, 6.07) is 14.0. The maximum atomic E-state index is 12.9. The maximum absolute atomic E-state index is 12.9. The fourth-order valence-corrected chi connectivity index (χ4v) is 3.52. The van der Waals surface area contributed by atoms with Gasteiger partial charge >= 0.3 is 0 Å². The van der Waals surface area contributed by atoms with E-state index in [1.54, 1.807) is 4.68 Å². The molecule has 0 aliphatic rings. The number of nitrogens with zero attached hydrogens (tertiary/aromatic N) is 7. The first-order valence-electron chi connectivity index (χ1n) is 10.2. The average molecular weight is 427 g/mol. The molecule has 3 aromatic heterocycles. The summed E-state index contributed by atoms with van der Waals surface area (Å²) >= 11 is 0. The van der Waals surface area contributed by atoms with Crippen molar-refractivity contribution in [1.29, 1.82) is 0 Å². The lowest BCUT2D eigenvalue weighted by molar-refractivity contribution is 0.369. The molecule has 0 fully saturated rings. The fourth-order valence-electron chi connectivity index (χ4n) is 3.52. The van der Waals surface area contributed by atoms with Crippen LogP contribution in [0.5, 0.6) is 0 Å². The summed E-state index contributed by atoms with van der Waals surface area (Å²) in [7, 11) is 0. The van der Waals surface area contributed by atoms with Gasteiger partial charge in [0.25, 0.3) is 5.56 Å². The smallest absolute Gasteiger partial charge is 0.283 e. The Morgan fingerprint density at radius 2 is 1.81 bits per heavy atom. The summed E-state index contributed by atoms with van der Waals surface area (Å²) in [6.07, 6.45) is 1.46. The number of hydrogen-bond acceptors (Lipinski definition) is 7. The molecule has 3 heterocycles. The second kappa shape index (κ2) is 7.84. The third-order valence-corrected chi connectivity index (χ3v) is 5.61. The second-order valence-corrected chi connectivity index (χ2v) is 7.83. The van der Waals surface area contributed by atoms with E-state index in [0.29, 0.717) is 23.9 Å². The number of fused-ring (bicyclic) bond motifs is 1. The first-order chi connectivity index (χ1) is 15.5. The number of aromatic nitrogens is 7. The molecule has 0 amide bonds. The highest BCUT2D eigenvalue weighted by Crippen LogP contribution is 2.19. The third-order valence-electron chi connectivity index (χ3n) is 5.61. The Balaban J connectivity index is 1.42. The summed E-state index contributed by atoms with van der Waals surface area (Å²) in [5, 5.41) is 12.3. The third kappa shape index (κ3) is 3.58. The van der Waals surface area contributed by atoms with Crippen LogP contribution in [0.3, 0.4) is 0 Å². The van der Waals surface area contributed by atoms with Crippen molar-refractivity contribution in [3.8, 4) is 11.4 Å². The zero-order valence-corrected chi connectivity index (χ0v) is 18.0. The van der Waals surface area contributed by atoms with E-state index in [4.69, 9.17) is 4.52 Å². The molecule has 0 N–H and O–H groups in total. The molecule has 0 saturated carbocycles. The highest BCUT2D eigenvalue weighted by molar-refractivity contribution is 5.67. The summed E-state index contributed by atoms with van der Waals surface area (Å²) in [5.74, 6) is 0.795. The zero-order chi connectivity index (χ0) is 22.2.